The first-order chi connectivity index (χ1) is 10.0. The smallest absolute Gasteiger partial charge is 0.306 e. The number of amides is 1. The average molecular weight is 334 g/mol. The van der Waals surface area contributed by atoms with Crippen LogP contribution in [-0.2, 0) is 9.53 Å². The van der Waals surface area contributed by atoms with Crippen LogP contribution in [0.5, 0.6) is 0 Å². The molecule has 0 bridgehead atoms. The zero-order valence-electron chi connectivity index (χ0n) is 11.7. The summed E-state index contributed by atoms with van der Waals surface area (Å²) in [6.07, 6.45) is 0.367. The minimum absolute atomic E-state index is 0.114. The molecule has 2 rings (SSSR count). The molecule has 1 amide bonds. The van der Waals surface area contributed by atoms with Gasteiger partial charge in [-0.25, -0.2) is 0 Å². The minimum atomic E-state index is -0.218. The Bertz CT molecular complexity index is 505. The van der Waals surface area contributed by atoms with E-state index in [2.05, 4.69) is 14.6 Å². The Balaban J connectivity index is 1.83. The molecule has 1 aliphatic heterocycles. The Labute approximate surface area is 132 Å². The predicted octanol–water partition coefficient (Wildman–Crippen LogP) is 1.64. The van der Waals surface area contributed by atoms with E-state index in [1.165, 1.54) is 13.2 Å². The molecule has 0 saturated carbocycles. The van der Waals surface area contributed by atoms with E-state index in [0.717, 1.165) is 13.1 Å². The number of hydrogen-bond donors (Lipinski definition) is 1. The normalized spacial score (nSPS) is 16.0. The van der Waals surface area contributed by atoms with Crippen LogP contribution in [0.4, 0.5) is 0 Å². The number of carbonyl (C=O) groups excluding carboxylic acids is 2. The number of rotatable bonds is 4. The minimum Gasteiger partial charge on any atom is -0.469 e. The number of nitrogens with zero attached hydrogens (tertiary/aromatic N) is 2. The molecular formula is C13H17Cl2N3O3. The molecule has 0 radical (unpaired) electrons. The first kappa shape index (κ1) is 16.1. The lowest BCUT2D eigenvalue weighted by Crippen LogP contribution is -2.49. The number of carbonyl (C=O) groups is 2. The van der Waals surface area contributed by atoms with Crippen LogP contribution >= 0.6 is 23.2 Å². The quantitative estimate of drug-likeness (QED) is 0.851. The van der Waals surface area contributed by atoms with Gasteiger partial charge in [0, 0.05) is 32.7 Å². The summed E-state index contributed by atoms with van der Waals surface area (Å²) in [4.78, 5) is 30.0. The number of H-pyrrole nitrogens is 1. The van der Waals surface area contributed by atoms with E-state index in [1.807, 2.05) is 0 Å². The Morgan fingerprint density at radius 1 is 1.29 bits per heavy atom. The van der Waals surface area contributed by atoms with Gasteiger partial charge in [0.15, 0.2) is 0 Å². The summed E-state index contributed by atoms with van der Waals surface area (Å²) in [5.74, 6) is -0.333. The van der Waals surface area contributed by atoms with Gasteiger partial charge in [0.2, 0.25) is 0 Å². The van der Waals surface area contributed by atoms with Gasteiger partial charge >= 0.3 is 5.97 Å². The predicted molar refractivity (Wildman–Crippen MR) is 79.8 cm³/mol. The first-order valence-corrected chi connectivity index (χ1v) is 7.39. The van der Waals surface area contributed by atoms with Crippen LogP contribution in [0, 0.1) is 0 Å². The van der Waals surface area contributed by atoms with Crippen LogP contribution in [-0.4, -0.2) is 66.5 Å². The van der Waals surface area contributed by atoms with Gasteiger partial charge in [-0.05, 0) is 6.07 Å². The number of aromatic amines is 1. The second kappa shape index (κ2) is 7.15. The lowest BCUT2D eigenvalue weighted by atomic mass is 10.2. The van der Waals surface area contributed by atoms with Gasteiger partial charge in [-0.15, -0.1) is 0 Å². The molecule has 1 N–H and O–H groups in total. The Kier molecular flexibility index (Phi) is 5.50. The highest BCUT2D eigenvalue weighted by Crippen LogP contribution is 2.22. The van der Waals surface area contributed by atoms with Crippen molar-refractivity contribution in [2.75, 3.05) is 39.8 Å². The van der Waals surface area contributed by atoms with Crippen LogP contribution in [0.2, 0.25) is 10.2 Å². The summed E-state index contributed by atoms with van der Waals surface area (Å²) in [5, 5.41) is 0.619. The van der Waals surface area contributed by atoms with Crippen LogP contribution in [0.15, 0.2) is 6.07 Å². The van der Waals surface area contributed by atoms with Gasteiger partial charge in [0.05, 0.1) is 18.6 Å². The van der Waals surface area contributed by atoms with E-state index >= 15 is 0 Å². The number of piperazine rings is 1. The molecule has 0 unspecified atom stereocenters. The number of aromatic nitrogens is 1. The van der Waals surface area contributed by atoms with Gasteiger partial charge in [0.25, 0.3) is 5.91 Å². The van der Waals surface area contributed by atoms with E-state index in [9.17, 15) is 9.59 Å². The summed E-state index contributed by atoms with van der Waals surface area (Å²) in [5.41, 5.74) is 0.396. The molecule has 1 aromatic rings. The van der Waals surface area contributed by atoms with Gasteiger partial charge in [-0.2, -0.15) is 0 Å². The van der Waals surface area contributed by atoms with E-state index in [4.69, 9.17) is 23.2 Å². The molecule has 0 aliphatic carbocycles. The molecule has 0 atom stereocenters. The maximum atomic E-state index is 12.3. The first-order valence-electron chi connectivity index (χ1n) is 6.63. The van der Waals surface area contributed by atoms with Crippen molar-refractivity contribution in [3.8, 4) is 0 Å². The number of halogens is 2. The van der Waals surface area contributed by atoms with Crippen molar-refractivity contribution >= 4 is 35.1 Å². The number of methoxy groups -OCH3 is 1. The zero-order valence-corrected chi connectivity index (χ0v) is 13.2. The molecule has 116 valence electrons. The van der Waals surface area contributed by atoms with Gasteiger partial charge < -0.3 is 14.6 Å². The highest BCUT2D eigenvalue weighted by molar-refractivity contribution is 6.41. The summed E-state index contributed by atoms with van der Waals surface area (Å²) < 4.78 is 4.61. The number of ether oxygens (including phenoxy) is 1. The fourth-order valence-corrected chi connectivity index (χ4v) is 2.53. The van der Waals surface area contributed by atoms with Gasteiger partial charge in [0.1, 0.15) is 10.8 Å². The second-order valence-corrected chi connectivity index (χ2v) is 5.59. The summed E-state index contributed by atoms with van der Waals surface area (Å²) in [6, 6.07) is 1.54. The van der Waals surface area contributed by atoms with Crippen LogP contribution in [0.3, 0.4) is 0 Å². The molecule has 0 spiro atoms. The Hall–Kier alpha value is -1.24. The Morgan fingerprint density at radius 3 is 2.48 bits per heavy atom. The highest BCUT2D eigenvalue weighted by Gasteiger charge is 2.24. The molecular weight excluding hydrogens is 317 g/mol. The van der Waals surface area contributed by atoms with Gasteiger partial charge in [-0.1, -0.05) is 23.2 Å². The van der Waals surface area contributed by atoms with Gasteiger partial charge in [-0.3, -0.25) is 14.5 Å². The fourth-order valence-electron chi connectivity index (χ4n) is 2.22. The van der Waals surface area contributed by atoms with E-state index in [1.54, 1.807) is 4.90 Å². The SMILES string of the molecule is COC(=O)CCN1CCN(C(=O)c2cc(Cl)c(Cl)[nH]2)CC1. The molecule has 21 heavy (non-hydrogen) atoms. The highest BCUT2D eigenvalue weighted by atomic mass is 35.5. The number of nitrogens with one attached hydrogen (secondary N) is 1. The molecule has 2 heterocycles. The van der Waals surface area contributed by atoms with Crippen molar-refractivity contribution in [3.05, 3.63) is 21.9 Å². The Morgan fingerprint density at radius 2 is 1.95 bits per heavy atom. The maximum Gasteiger partial charge on any atom is 0.306 e. The molecule has 1 saturated heterocycles. The molecule has 1 aromatic heterocycles. The zero-order chi connectivity index (χ0) is 15.4. The van der Waals surface area contributed by atoms with Crippen molar-refractivity contribution in [1.82, 2.24) is 14.8 Å². The molecule has 6 nitrogen and oxygen atoms in total. The summed E-state index contributed by atoms with van der Waals surface area (Å²) in [7, 11) is 1.38. The van der Waals surface area contributed by atoms with Crippen molar-refractivity contribution in [2.45, 2.75) is 6.42 Å². The maximum absolute atomic E-state index is 12.3. The van der Waals surface area contributed by atoms with Crippen LogP contribution < -0.4 is 0 Å². The number of hydrogen-bond acceptors (Lipinski definition) is 4. The van der Waals surface area contributed by atoms with Crippen molar-refractivity contribution < 1.29 is 14.3 Å². The lowest BCUT2D eigenvalue weighted by molar-refractivity contribution is -0.141. The summed E-state index contributed by atoms with van der Waals surface area (Å²) in [6.45, 7) is 3.31. The van der Waals surface area contributed by atoms with Crippen LogP contribution in [0.1, 0.15) is 16.9 Å². The lowest BCUT2D eigenvalue weighted by Gasteiger charge is -2.34. The third-order valence-corrected chi connectivity index (χ3v) is 4.17. The standard InChI is InChI=1S/C13H17Cl2N3O3/c1-21-11(19)2-3-17-4-6-18(7-5-17)13(20)10-8-9(14)12(15)16-10/h8,16H,2-7H2,1H3. The largest absolute Gasteiger partial charge is 0.469 e. The monoisotopic (exact) mass is 333 g/mol. The topological polar surface area (TPSA) is 65.6 Å². The fraction of sp³-hybridized carbons (Fsp3) is 0.538. The second-order valence-electron chi connectivity index (χ2n) is 4.80. The van der Waals surface area contributed by atoms with E-state index in [-0.39, 0.29) is 17.0 Å². The molecule has 0 aromatic carbocycles. The van der Waals surface area contributed by atoms with Crippen molar-refractivity contribution in [2.24, 2.45) is 0 Å². The van der Waals surface area contributed by atoms with Crippen LogP contribution in [0.25, 0.3) is 0 Å². The molecule has 1 aliphatic rings. The molecule has 8 heteroatoms. The average Bonchev–Trinajstić information content (AvgIpc) is 2.84. The third kappa shape index (κ3) is 4.12. The van der Waals surface area contributed by atoms with E-state index < -0.39 is 0 Å². The molecule has 1 fully saturated rings. The summed E-state index contributed by atoms with van der Waals surface area (Å²) >= 11 is 11.6. The number of esters is 1. The third-order valence-electron chi connectivity index (χ3n) is 3.47. The van der Waals surface area contributed by atoms with Crippen molar-refractivity contribution in [3.63, 3.8) is 0 Å². The van der Waals surface area contributed by atoms with E-state index in [0.29, 0.717) is 36.8 Å². The van der Waals surface area contributed by atoms with Crippen molar-refractivity contribution in [1.29, 1.82) is 0 Å².